The van der Waals surface area contributed by atoms with Crippen LogP contribution in [0.15, 0.2) is 18.2 Å². The van der Waals surface area contributed by atoms with Crippen LogP contribution in [-0.2, 0) is 0 Å². The van der Waals surface area contributed by atoms with E-state index in [1.807, 2.05) is 45.9 Å². The van der Waals surface area contributed by atoms with Gasteiger partial charge in [0.05, 0.1) is 6.10 Å². The molecule has 1 unspecified atom stereocenters. The highest BCUT2D eigenvalue weighted by Crippen LogP contribution is 2.34. The average Bonchev–Trinajstić information content (AvgIpc) is 2.01. The van der Waals surface area contributed by atoms with Crippen molar-refractivity contribution in [2.24, 2.45) is 5.41 Å². The summed E-state index contributed by atoms with van der Waals surface area (Å²) in [5.74, 6) is 0. The fraction of sp³-hybridized carbons (Fsp3) is 0.500. The number of aliphatic hydroxyl groups excluding tert-OH is 1. The lowest BCUT2D eigenvalue weighted by Crippen LogP contribution is -2.18. The minimum atomic E-state index is -0.445. The van der Waals surface area contributed by atoms with E-state index < -0.39 is 6.10 Å². The van der Waals surface area contributed by atoms with Crippen molar-refractivity contribution < 1.29 is 5.11 Å². The molecule has 0 bridgehead atoms. The standard InChI is InChI=1S/C12H17ClO/c1-8-7-9(13)5-6-10(8)11(14)12(2,3)4/h5-7,11,14H,1-4H3. The molecule has 1 nitrogen and oxygen atoms in total. The predicted octanol–water partition coefficient (Wildman–Crippen LogP) is 3.73. The molecule has 1 atom stereocenters. The van der Waals surface area contributed by atoms with Gasteiger partial charge in [0.2, 0.25) is 0 Å². The van der Waals surface area contributed by atoms with Gasteiger partial charge in [0.15, 0.2) is 0 Å². The Kier molecular flexibility index (Phi) is 3.23. The number of aliphatic hydroxyl groups is 1. The Balaban J connectivity index is 3.08. The van der Waals surface area contributed by atoms with Gasteiger partial charge in [-0.05, 0) is 35.6 Å². The Bertz CT molecular complexity index is 326. The second-order valence-electron chi connectivity index (χ2n) is 4.77. The van der Waals surface area contributed by atoms with Crippen LogP contribution in [0.1, 0.15) is 38.0 Å². The van der Waals surface area contributed by atoms with E-state index in [4.69, 9.17) is 11.6 Å². The van der Waals surface area contributed by atoms with Crippen LogP contribution in [0.25, 0.3) is 0 Å². The van der Waals surface area contributed by atoms with E-state index in [0.717, 1.165) is 11.1 Å². The first-order valence-corrected chi connectivity index (χ1v) is 5.14. The molecule has 0 heterocycles. The van der Waals surface area contributed by atoms with Gasteiger partial charge in [0, 0.05) is 5.02 Å². The molecule has 0 fully saturated rings. The van der Waals surface area contributed by atoms with Crippen molar-refractivity contribution in [2.75, 3.05) is 0 Å². The van der Waals surface area contributed by atoms with Crippen molar-refractivity contribution in [1.29, 1.82) is 0 Å². The second-order valence-corrected chi connectivity index (χ2v) is 5.21. The summed E-state index contributed by atoms with van der Waals surface area (Å²) in [5, 5.41) is 10.8. The SMILES string of the molecule is Cc1cc(Cl)ccc1C(O)C(C)(C)C. The van der Waals surface area contributed by atoms with Gasteiger partial charge in [-0.3, -0.25) is 0 Å². The Labute approximate surface area is 90.7 Å². The molecular weight excluding hydrogens is 196 g/mol. The van der Waals surface area contributed by atoms with Gasteiger partial charge in [-0.15, -0.1) is 0 Å². The minimum absolute atomic E-state index is 0.140. The van der Waals surface area contributed by atoms with E-state index in [0.29, 0.717) is 5.02 Å². The largest absolute Gasteiger partial charge is 0.388 e. The number of rotatable bonds is 1. The molecule has 0 amide bonds. The first kappa shape index (κ1) is 11.5. The Hall–Kier alpha value is -0.530. The van der Waals surface area contributed by atoms with E-state index in [9.17, 15) is 5.11 Å². The quantitative estimate of drug-likeness (QED) is 0.752. The van der Waals surface area contributed by atoms with Crippen LogP contribution >= 0.6 is 11.6 Å². The molecule has 1 aromatic rings. The zero-order valence-electron chi connectivity index (χ0n) is 9.13. The number of hydrogen-bond donors (Lipinski definition) is 1. The maximum absolute atomic E-state index is 10.1. The van der Waals surface area contributed by atoms with Crippen LogP contribution in [0.4, 0.5) is 0 Å². The molecule has 1 aromatic carbocycles. The molecule has 0 spiro atoms. The minimum Gasteiger partial charge on any atom is -0.388 e. The maximum Gasteiger partial charge on any atom is 0.0840 e. The monoisotopic (exact) mass is 212 g/mol. The lowest BCUT2D eigenvalue weighted by Gasteiger charge is -2.27. The van der Waals surface area contributed by atoms with Gasteiger partial charge >= 0.3 is 0 Å². The molecule has 0 saturated carbocycles. The molecule has 14 heavy (non-hydrogen) atoms. The van der Waals surface area contributed by atoms with Gasteiger partial charge < -0.3 is 5.11 Å². The maximum atomic E-state index is 10.1. The molecule has 0 saturated heterocycles. The van der Waals surface area contributed by atoms with Crippen LogP contribution in [0.3, 0.4) is 0 Å². The first-order chi connectivity index (χ1) is 6.32. The highest BCUT2D eigenvalue weighted by molar-refractivity contribution is 6.30. The summed E-state index contributed by atoms with van der Waals surface area (Å²) in [6, 6.07) is 5.60. The fourth-order valence-corrected chi connectivity index (χ4v) is 1.64. The van der Waals surface area contributed by atoms with Gasteiger partial charge in [0.25, 0.3) is 0 Å². The lowest BCUT2D eigenvalue weighted by atomic mass is 9.83. The Morgan fingerprint density at radius 2 is 1.86 bits per heavy atom. The van der Waals surface area contributed by atoms with E-state index in [2.05, 4.69) is 0 Å². The lowest BCUT2D eigenvalue weighted by molar-refractivity contribution is 0.0621. The van der Waals surface area contributed by atoms with E-state index >= 15 is 0 Å². The molecule has 2 heteroatoms. The molecule has 0 radical (unpaired) electrons. The van der Waals surface area contributed by atoms with Crippen LogP contribution in [0.5, 0.6) is 0 Å². The number of benzene rings is 1. The fourth-order valence-electron chi connectivity index (χ4n) is 1.41. The molecule has 0 aromatic heterocycles. The number of hydrogen-bond acceptors (Lipinski definition) is 1. The van der Waals surface area contributed by atoms with Gasteiger partial charge in [-0.25, -0.2) is 0 Å². The normalized spacial score (nSPS) is 14.1. The van der Waals surface area contributed by atoms with Crippen LogP contribution in [-0.4, -0.2) is 5.11 Å². The third-order valence-corrected chi connectivity index (χ3v) is 2.58. The molecule has 1 N–H and O–H groups in total. The molecule has 78 valence electrons. The second kappa shape index (κ2) is 3.92. The van der Waals surface area contributed by atoms with Crippen molar-refractivity contribution in [3.8, 4) is 0 Å². The van der Waals surface area contributed by atoms with Crippen molar-refractivity contribution >= 4 is 11.6 Å². The number of aryl methyl sites for hydroxylation is 1. The molecule has 0 aliphatic heterocycles. The number of halogens is 1. The molecule has 1 rings (SSSR count). The summed E-state index contributed by atoms with van der Waals surface area (Å²) in [6.45, 7) is 8.03. The molecule has 0 aliphatic rings. The predicted molar refractivity (Wildman–Crippen MR) is 60.6 cm³/mol. The zero-order chi connectivity index (χ0) is 10.9. The highest BCUT2D eigenvalue weighted by atomic mass is 35.5. The van der Waals surface area contributed by atoms with Crippen molar-refractivity contribution in [2.45, 2.75) is 33.8 Å². The smallest absolute Gasteiger partial charge is 0.0840 e. The molecular formula is C12H17ClO. The zero-order valence-corrected chi connectivity index (χ0v) is 9.89. The summed E-state index contributed by atoms with van der Waals surface area (Å²) in [5.41, 5.74) is 1.86. The van der Waals surface area contributed by atoms with Crippen molar-refractivity contribution in [3.63, 3.8) is 0 Å². The summed E-state index contributed by atoms with van der Waals surface area (Å²) in [4.78, 5) is 0. The van der Waals surface area contributed by atoms with E-state index in [1.165, 1.54) is 0 Å². The third-order valence-electron chi connectivity index (χ3n) is 2.35. The summed E-state index contributed by atoms with van der Waals surface area (Å²) in [7, 11) is 0. The topological polar surface area (TPSA) is 20.2 Å². The average molecular weight is 213 g/mol. The van der Waals surface area contributed by atoms with Crippen LogP contribution in [0, 0.1) is 12.3 Å². The summed E-state index contributed by atoms with van der Waals surface area (Å²) < 4.78 is 0. The Morgan fingerprint density at radius 1 is 1.29 bits per heavy atom. The summed E-state index contributed by atoms with van der Waals surface area (Å²) >= 11 is 5.85. The van der Waals surface area contributed by atoms with E-state index in [1.54, 1.807) is 0 Å². The van der Waals surface area contributed by atoms with Crippen LogP contribution in [0.2, 0.25) is 5.02 Å². The third kappa shape index (κ3) is 2.49. The Morgan fingerprint density at radius 3 is 2.29 bits per heavy atom. The summed E-state index contributed by atoms with van der Waals surface area (Å²) in [6.07, 6.45) is -0.445. The van der Waals surface area contributed by atoms with Gasteiger partial charge in [-0.1, -0.05) is 38.4 Å². The van der Waals surface area contributed by atoms with E-state index in [-0.39, 0.29) is 5.41 Å². The van der Waals surface area contributed by atoms with Gasteiger partial charge in [-0.2, -0.15) is 0 Å². The van der Waals surface area contributed by atoms with Crippen LogP contribution < -0.4 is 0 Å². The highest BCUT2D eigenvalue weighted by Gasteiger charge is 2.24. The van der Waals surface area contributed by atoms with Gasteiger partial charge in [0.1, 0.15) is 0 Å². The van der Waals surface area contributed by atoms with Crippen molar-refractivity contribution in [3.05, 3.63) is 34.3 Å². The molecule has 0 aliphatic carbocycles. The first-order valence-electron chi connectivity index (χ1n) is 4.76. The van der Waals surface area contributed by atoms with Crippen molar-refractivity contribution in [1.82, 2.24) is 0 Å².